The minimum Gasteiger partial charge on any atom is -0.478 e. The second kappa shape index (κ2) is 6.07. The van der Waals surface area contributed by atoms with Crippen molar-refractivity contribution in [2.45, 2.75) is 9.79 Å². The molecule has 0 saturated carbocycles. The van der Waals surface area contributed by atoms with Crippen LogP contribution < -0.4 is 0 Å². The molecule has 1 N–H and O–H groups in total. The predicted octanol–water partition coefficient (Wildman–Crippen LogP) is 4.31. The second-order valence-corrected chi connectivity index (χ2v) is 5.75. The third-order valence-electron chi connectivity index (χ3n) is 2.46. The van der Waals surface area contributed by atoms with Crippen molar-refractivity contribution in [3.63, 3.8) is 0 Å². The maximum absolute atomic E-state index is 13.7. The number of rotatable bonds is 3. The first-order valence-electron chi connectivity index (χ1n) is 5.41. The summed E-state index contributed by atoms with van der Waals surface area (Å²) >= 11 is 4.40. The maximum atomic E-state index is 13.7. The fourth-order valence-corrected chi connectivity index (χ4v) is 2.99. The Morgan fingerprint density at radius 2 is 2.00 bits per heavy atom. The van der Waals surface area contributed by atoms with Crippen molar-refractivity contribution < 1.29 is 14.3 Å². The molecule has 6 heteroatoms. The first kappa shape index (κ1) is 14.6. The molecule has 0 heterocycles. The molecule has 0 atom stereocenters. The normalized spacial score (nSPS) is 10.1. The smallest absolute Gasteiger partial charge is 0.335 e. The first-order chi connectivity index (χ1) is 9.51. The molecule has 0 aromatic heterocycles. The van der Waals surface area contributed by atoms with Gasteiger partial charge in [-0.25, -0.2) is 9.18 Å². The molecular weight excluding hydrogens is 345 g/mol. The van der Waals surface area contributed by atoms with Gasteiger partial charge >= 0.3 is 5.97 Å². The molecule has 0 spiro atoms. The van der Waals surface area contributed by atoms with Crippen molar-refractivity contribution in [3.05, 3.63) is 57.8 Å². The van der Waals surface area contributed by atoms with E-state index in [1.54, 1.807) is 18.2 Å². The summed E-state index contributed by atoms with van der Waals surface area (Å²) in [5, 5.41) is 17.7. The van der Waals surface area contributed by atoms with Gasteiger partial charge in [0.25, 0.3) is 0 Å². The van der Waals surface area contributed by atoms with E-state index in [1.165, 1.54) is 12.1 Å². The quantitative estimate of drug-likeness (QED) is 0.894. The van der Waals surface area contributed by atoms with E-state index in [1.807, 2.05) is 6.07 Å². The van der Waals surface area contributed by atoms with Crippen LogP contribution >= 0.6 is 27.7 Å². The van der Waals surface area contributed by atoms with E-state index in [4.69, 9.17) is 10.4 Å². The van der Waals surface area contributed by atoms with Crippen LogP contribution in [0.4, 0.5) is 4.39 Å². The number of hydrogen-bond acceptors (Lipinski definition) is 3. The van der Waals surface area contributed by atoms with Gasteiger partial charge in [0.1, 0.15) is 5.82 Å². The first-order valence-corrected chi connectivity index (χ1v) is 7.02. The van der Waals surface area contributed by atoms with Gasteiger partial charge in [-0.3, -0.25) is 0 Å². The minimum absolute atomic E-state index is 0.0265. The number of benzene rings is 2. The fourth-order valence-electron chi connectivity index (χ4n) is 1.49. The lowest BCUT2D eigenvalue weighted by Crippen LogP contribution is -1.97. The van der Waals surface area contributed by atoms with Crippen LogP contribution in [0.15, 0.2) is 50.7 Å². The van der Waals surface area contributed by atoms with Gasteiger partial charge in [-0.2, -0.15) is 5.26 Å². The third kappa shape index (κ3) is 3.18. The molecular formula is C14H7BrFNO2S. The molecule has 0 fully saturated rings. The zero-order valence-corrected chi connectivity index (χ0v) is 12.3. The molecule has 2 aromatic carbocycles. The summed E-state index contributed by atoms with van der Waals surface area (Å²) in [5.74, 6) is -1.60. The largest absolute Gasteiger partial charge is 0.478 e. The predicted molar refractivity (Wildman–Crippen MR) is 76.3 cm³/mol. The molecule has 0 saturated heterocycles. The Labute approximate surface area is 127 Å². The standard InChI is InChI=1S/C14H7BrFNO2S/c15-10-5-8(7-17)1-4-12(10)20-13-6-9(14(18)19)2-3-11(13)16/h1-6H,(H,18,19). The summed E-state index contributed by atoms with van der Waals surface area (Å²) in [6.45, 7) is 0. The highest BCUT2D eigenvalue weighted by atomic mass is 79.9. The van der Waals surface area contributed by atoms with Gasteiger partial charge < -0.3 is 5.11 Å². The minimum atomic E-state index is -1.11. The summed E-state index contributed by atoms with van der Waals surface area (Å²) in [7, 11) is 0. The van der Waals surface area contributed by atoms with E-state index < -0.39 is 11.8 Å². The summed E-state index contributed by atoms with van der Waals surface area (Å²) < 4.78 is 14.4. The van der Waals surface area contributed by atoms with E-state index in [0.717, 1.165) is 17.8 Å². The van der Waals surface area contributed by atoms with E-state index >= 15 is 0 Å². The zero-order chi connectivity index (χ0) is 14.7. The molecule has 0 radical (unpaired) electrons. The van der Waals surface area contributed by atoms with Gasteiger partial charge in [-0.05, 0) is 52.3 Å². The van der Waals surface area contributed by atoms with E-state index in [2.05, 4.69) is 15.9 Å². The molecule has 2 rings (SSSR count). The fraction of sp³-hybridized carbons (Fsp3) is 0. The zero-order valence-electron chi connectivity index (χ0n) is 9.93. The van der Waals surface area contributed by atoms with Crippen molar-refractivity contribution in [2.24, 2.45) is 0 Å². The average molecular weight is 352 g/mol. The van der Waals surface area contributed by atoms with Crippen molar-refractivity contribution >= 4 is 33.7 Å². The Morgan fingerprint density at radius 1 is 1.25 bits per heavy atom. The number of carboxylic acid groups (broad SMARTS) is 1. The number of hydrogen-bond donors (Lipinski definition) is 1. The highest BCUT2D eigenvalue weighted by Gasteiger charge is 2.11. The molecule has 3 nitrogen and oxygen atoms in total. The second-order valence-electron chi connectivity index (χ2n) is 3.81. The molecule has 0 bridgehead atoms. The Bertz CT molecular complexity index is 728. The van der Waals surface area contributed by atoms with Crippen LogP contribution in [0.25, 0.3) is 0 Å². The Hall–Kier alpha value is -1.84. The number of halogens is 2. The lowest BCUT2D eigenvalue weighted by molar-refractivity contribution is 0.0696. The maximum Gasteiger partial charge on any atom is 0.335 e. The Balaban J connectivity index is 2.37. The van der Waals surface area contributed by atoms with Crippen LogP contribution in [0.5, 0.6) is 0 Å². The van der Waals surface area contributed by atoms with Crippen LogP contribution in [0, 0.1) is 17.1 Å². The number of nitrogens with zero attached hydrogens (tertiary/aromatic N) is 1. The molecule has 2 aromatic rings. The van der Waals surface area contributed by atoms with Crippen molar-refractivity contribution in [1.82, 2.24) is 0 Å². The number of nitriles is 1. The summed E-state index contributed by atoms with van der Waals surface area (Å²) in [6.07, 6.45) is 0. The molecule has 0 aliphatic rings. The van der Waals surface area contributed by atoms with Crippen molar-refractivity contribution in [3.8, 4) is 6.07 Å². The molecule has 100 valence electrons. The molecule has 0 unspecified atom stereocenters. The molecule has 0 aliphatic carbocycles. The number of carboxylic acids is 1. The van der Waals surface area contributed by atoms with Crippen LogP contribution in [-0.4, -0.2) is 11.1 Å². The van der Waals surface area contributed by atoms with E-state index in [0.29, 0.717) is 14.9 Å². The van der Waals surface area contributed by atoms with Gasteiger partial charge in [0.15, 0.2) is 0 Å². The van der Waals surface area contributed by atoms with Gasteiger partial charge in [-0.15, -0.1) is 0 Å². The van der Waals surface area contributed by atoms with E-state index in [9.17, 15) is 9.18 Å². The van der Waals surface area contributed by atoms with Gasteiger partial charge in [-0.1, -0.05) is 11.8 Å². The van der Waals surface area contributed by atoms with Gasteiger partial charge in [0, 0.05) is 14.3 Å². The lowest BCUT2D eigenvalue weighted by atomic mass is 10.2. The van der Waals surface area contributed by atoms with Crippen molar-refractivity contribution in [1.29, 1.82) is 5.26 Å². The number of carbonyl (C=O) groups is 1. The Morgan fingerprint density at radius 3 is 2.60 bits per heavy atom. The highest BCUT2D eigenvalue weighted by Crippen LogP contribution is 2.35. The van der Waals surface area contributed by atoms with Crippen LogP contribution in [0.2, 0.25) is 0 Å². The van der Waals surface area contributed by atoms with Crippen molar-refractivity contribution in [2.75, 3.05) is 0 Å². The molecule has 0 aliphatic heterocycles. The lowest BCUT2D eigenvalue weighted by Gasteiger charge is -2.07. The average Bonchev–Trinajstić information content (AvgIpc) is 2.42. The summed E-state index contributed by atoms with van der Waals surface area (Å²) in [4.78, 5) is 11.8. The van der Waals surface area contributed by atoms with Crippen LogP contribution in [0.3, 0.4) is 0 Å². The molecule has 0 amide bonds. The monoisotopic (exact) mass is 351 g/mol. The topological polar surface area (TPSA) is 61.1 Å². The van der Waals surface area contributed by atoms with Crippen LogP contribution in [0.1, 0.15) is 15.9 Å². The Kier molecular flexibility index (Phi) is 4.42. The third-order valence-corrected chi connectivity index (χ3v) is 4.49. The van der Waals surface area contributed by atoms with Gasteiger partial charge in [0.2, 0.25) is 0 Å². The highest BCUT2D eigenvalue weighted by molar-refractivity contribution is 9.10. The molecule has 20 heavy (non-hydrogen) atoms. The number of aromatic carboxylic acids is 1. The van der Waals surface area contributed by atoms with Gasteiger partial charge in [0.05, 0.1) is 17.2 Å². The van der Waals surface area contributed by atoms with E-state index in [-0.39, 0.29) is 10.5 Å². The SMILES string of the molecule is N#Cc1ccc(Sc2cc(C(=O)O)ccc2F)c(Br)c1. The van der Waals surface area contributed by atoms with Crippen LogP contribution in [-0.2, 0) is 0 Å². The summed E-state index contributed by atoms with van der Waals surface area (Å²) in [5.41, 5.74) is 0.514. The summed E-state index contributed by atoms with van der Waals surface area (Å²) in [6, 6.07) is 10.6.